The Hall–Kier alpha value is -2.53. The fourth-order valence-corrected chi connectivity index (χ4v) is 3.19. The molecule has 0 aliphatic heterocycles. The summed E-state index contributed by atoms with van der Waals surface area (Å²) in [5, 5.41) is 12.5. The number of rotatable bonds is 6. The lowest BCUT2D eigenvalue weighted by atomic mass is 9.97. The lowest BCUT2D eigenvalue weighted by Crippen LogP contribution is -2.32. The van der Waals surface area contributed by atoms with Crippen molar-refractivity contribution < 1.29 is 19.4 Å². The van der Waals surface area contributed by atoms with E-state index in [0.29, 0.717) is 17.2 Å². The first-order valence-corrected chi connectivity index (χ1v) is 8.31. The average molecular weight is 360 g/mol. The van der Waals surface area contributed by atoms with E-state index in [2.05, 4.69) is 5.32 Å². The van der Waals surface area contributed by atoms with Gasteiger partial charge in [-0.25, -0.2) is 0 Å². The molecule has 0 radical (unpaired) electrons. The molecule has 0 heterocycles. The summed E-state index contributed by atoms with van der Waals surface area (Å²) in [6.07, 6.45) is 0.363. The van der Waals surface area contributed by atoms with E-state index < -0.39 is 23.8 Å². The smallest absolute Gasteiger partial charge is 0.307 e. The molecule has 6 heteroatoms. The van der Waals surface area contributed by atoms with Gasteiger partial charge in [0.15, 0.2) is 0 Å². The van der Waals surface area contributed by atoms with Crippen LogP contribution in [0.5, 0.6) is 5.75 Å². The zero-order chi connectivity index (χ0) is 18.0. The van der Waals surface area contributed by atoms with Crippen LogP contribution in [0, 0.1) is 11.8 Å². The Morgan fingerprint density at radius 1 is 1.12 bits per heavy atom. The molecule has 1 saturated carbocycles. The Balaban J connectivity index is 1.94. The largest absolute Gasteiger partial charge is 0.496 e. The summed E-state index contributed by atoms with van der Waals surface area (Å²) in [5.41, 5.74) is 1.49. The first kappa shape index (κ1) is 17.3. The Bertz CT molecular complexity index is 808. The van der Waals surface area contributed by atoms with Gasteiger partial charge in [0.2, 0.25) is 5.91 Å². The van der Waals surface area contributed by atoms with Gasteiger partial charge >= 0.3 is 5.97 Å². The van der Waals surface area contributed by atoms with Gasteiger partial charge in [-0.1, -0.05) is 48.0 Å². The average Bonchev–Trinajstić information content (AvgIpc) is 3.41. The van der Waals surface area contributed by atoms with Crippen LogP contribution in [0.1, 0.15) is 23.6 Å². The van der Waals surface area contributed by atoms with Gasteiger partial charge in [0, 0.05) is 10.6 Å². The predicted octanol–water partition coefficient (Wildman–Crippen LogP) is 3.27. The molecule has 1 amide bonds. The lowest BCUT2D eigenvalue weighted by Gasteiger charge is -2.23. The maximum Gasteiger partial charge on any atom is 0.307 e. The molecular formula is C19H18ClNO4. The van der Waals surface area contributed by atoms with Gasteiger partial charge in [-0.3, -0.25) is 9.59 Å². The maximum absolute atomic E-state index is 12.5. The molecule has 1 aliphatic carbocycles. The van der Waals surface area contributed by atoms with E-state index in [-0.39, 0.29) is 5.91 Å². The van der Waals surface area contributed by atoms with Gasteiger partial charge in [-0.05, 0) is 24.1 Å². The number of halogens is 1. The minimum atomic E-state index is -0.938. The Kier molecular flexibility index (Phi) is 4.95. The molecular weight excluding hydrogens is 342 g/mol. The minimum Gasteiger partial charge on any atom is -0.496 e. The molecule has 5 nitrogen and oxygen atoms in total. The molecule has 0 aromatic heterocycles. The molecule has 1 fully saturated rings. The highest BCUT2D eigenvalue weighted by molar-refractivity contribution is 6.31. The molecule has 2 aromatic carbocycles. The number of carboxylic acid groups (broad SMARTS) is 1. The van der Waals surface area contributed by atoms with Gasteiger partial charge < -0.3 is 15.2 Å². The number of ether oxygens (including phenoxy) is 1. The highest BCUT2D eigenvalue weighted by Gasteiger charge is 2.48. The third-order valence-electron chi connectivity index (χ3n) is 4.40. The number of para-hydroxylation sites is 1. The fraction of sp³-hybridized carbons (Fsp3) is 0.263. The Morgan fingerprint density at radius 3 is 2.36 bits per heavy atom. The van der Waals surface area contributed by atoms with Gasteiger partial charge in [0.25, 0.3) is 0 Å². The molecule has 2 aromatic rings. The molecule has 0 spiro atoms. The van der Waals surface area contributed by atoms with Crippen LogP contribution in [-0.4, -0.2) is 24.1 Å². The van der Waals surface area contributed by atoms with E-state index in [1.165, 1.54) is 0 Å². The van der Waals surface area contributed by atoms with E-state index in [4.69, 9.17) is 21.4 Å². The molecule has 3 rings (SSSR count). The summed E-state index contributed by atoms with van der Waals surface area (Å²) in [4.78, 5) is 23.6. The quantitative estimate of drug-likeness (QED) is 0.830. The van der Waals surface area contributed by atoms with Gasteiger partial charge in [0.1, 0.15) is 5.75 Å². The number of aliphatic carboxylic acids is 1. The van der Waals surface area contributed by atoms with Crippen LogP contribution < -0.4 is 10.1 Å². The topological polar surface area (TPSA) is 75.6 Å². The molecule has 0 bridgehead atoms. The number of carbonyl (C=O) groups excluding carboxylic acids is 1. The second kappa shape index (κ2) is 7.15. The number of methoxy groups -OCH3 is 1. The van der Waals surface area contributed by atoms with E-state index in [9.17, 15) is 9.59 Å². The van der Waals surface area contributed by atoms with E-state index >= 15 is 0 Å². The van der Waals surface area contributed by atoms with E-state index in [1.54, 1.807) is 13.2 Å². The normalized spacial score (nSPS) is 19.8. The fourth-order valence-electron chi connectivity index (χ4n) is 2.94. The van der Waals surface area contributed by atoms with Crippen LogP contribution >= 0.6 is 11.6 Å². The van der Waals surface area contributed by atoms with Crippen molar-refractivity contribution in [1.29, 1.82) is 0 Å². The van der Waals surface area contributed by atoms with Gasteiger partial charge in [-0.15, -0.1) is 0 Å². The van der Waals surface area contributed by atoms with E-state index in [1.807, 2.05) is 42.5 Å². The number of hydrogen-bond donors (Lipinski definition) is 2. The van der Waals surface area contributed by atoms with Crippen molar-refractivity contribution in [3.8, 4) is 5.75 Å². The third-order valence-corrected chi connectivity index (χ3v) is 4.74. The summed E-state index contributed by atoms with van der Waals surface area (Å²) in [6, 6.07) is 14.1. The summed E-state index contributed by atoms with van der Waals surface area (Å²) < 4.78 is 5.42. The standard InChI is InChI=1S/C19H18ClNO4/c1-25-16-9-5-3-7-12(16)17(11-6-2-4-8-15(11)20)21-18(22)13-10-14(13)19(23)24/h2-9,13-14,17H,10H2,1H3,(H,21,22)(H,23,24). The number of nitrogens with one attached hydrogen (secondary N) is 1. The Morgan fingerprint density at radius 2 is 1.76 bits per heavy atom. The van der Waals surface area contributed by atoms with Crippen LogP contribution in [0.4, 0.5) is 0 Å². The third kappa shape index (κ3) is 3.61. The van der Waals surface area contributed by atoms with Crippen molar-refractivity contribution in [2.24, 2.45) is 11.8 Å². The minimum absolute atomic E-state index is 0.289. The molecule has 130 valence electrons. The van der Waals surface area contributed by atoms with Gasteiger partial charge in [-0.2, -0.15) is 0 Å². The van der Waals surface area contributed by atoms with E-state index in [0.717, 1.165) is 11.1 Å². The molecule has 1 aliphatic rings. The van der Waals surface area contributed by atoms with Crippen molar-refractivity contribution in [2.75, 3.05) is 7.11 Å². The zero-order valence-electron chi connectivity index (χ0n) is 13.6. The van der Waals surface area contributed by atoms with Crippen LogP contribution in [0.15, 0.2) is 48.5 Å². The lowest BCUT2D eigenvalue weighted by molar-refractivity contribution is -0.140. The van der Waals surface area contributed by atoms with Crippen LogP contribution in [0.3, 0.4) is 0 Å². The monoisotopic (exact) mass is 359 g/mol. The zero-order valence-corrected chi connectivity index (χ0v) is 14.4. The summed E-state index contributed by atoms with van der Waals surface area (Å²) in [7, 11) is 1.56. The molecule has 25 heavy (non-hydrogen) atoms. The van der Waals surface area contributed by atoms with Crippen molar-refractivity contribution in [3.63, 3.8) is 0 Å². The Labute approximate surface area is 150 Å². The van der Waals surface area contributed by atoms with Crippen molar-refractivity contribution >= 4 is 23.5 Å². The van der Waals surface area contributed by atoms with Crippen molar-refractivity contribution in [3.05, 3.63) is 64.7 Å². The molecule has 3 unspecified atom stereocenters. The highest BCUT2D eigenvalue weighted by Crippen LogP contribution is 2.40. The molecule has 0 saturated heterocycles. The number of carbonyl (C=O) groups is 2. The summed E-state index contributed by atoms with van der Waals surface area (Å²) in [6.45, 7) is 0. The second-order valence-electron chi connectivity index (χ2n) is 5.99. The number of carboxylic acids is 1. The van der Waals surface area contributed by atoms with Crippen molar-refractivity contribution in [1.82, 2.24) is 5.32 Å². The number of benzene rings is 2. The molecule has 3 atom stereocenters. The van der Waals surface area contributed by atoms with Crippen LogP contribution in [-0.2, 0) is 9.59 Å². The summed E-state index contributed by atoms with van der Waals surface area (Å²) >= 11 is 6.34. The second-order valence-corrected chi connectivity index (χ2v) is 6.40. The van der Waals surface area contributed by atoms with Gasteiger partial charge in [0.05, 0.1) is 25.0 Å². The SMILES string of the molecule is COc1ccccc1C(NC(=O)C1CC1C(=O)O)c1ccccc1Cl. The molecule has 2 N–H and O–H groups in total. The summed E-state index contributed by atoms with van der Waals surface area (Å²) in [5.74, 6) is -1.71. The van der Waals surface area contributed by atoms with Crippen LogP contribution in [0.2, 0.25) is 5.02 Å². The predicted molar refractivity (Wildman–Crippen MR) is 93.7 cm³/mol. The number of amides is 1. The highest BCUT2D eigenvalue weighted by atomic mass is 35.5. The number of hydrogen-bond acceptors (Lipinski definition) is 3. The van der Waals surface area contributed by atoms with Crippen molar-refractivity contribution in [2.45, 2.75) is 12.5 Å². The maximum atomic E-state index is 12.5. The first-order chi connectivity index (χ1) is 12.0. The first-order valence-electron chi connectivity index (χ1n) is 7.93. The van der Waals surface area contributed by atoms with Crippen LogP contribution in [0.25, 0.3) is 0 Å².